The van der Waals surface area contributed by atoms with E-state index in [9.17, 15) is 9.59 Å². The topological polar surface area (TPSA) is 66.4 Å². The van der Waals surface area contributed by atoms with Crippen LogP contribution in [0.15, 0.2) is 22.7 Å². The zero-order valence-corrected chi connectivity index (χ0v) is 15.8. The van der Waals surface area contributed by atoms with E-state index in [1.54, 1.807) is 6.07 Å². The van der Waals surface area contributed by atoms with Gasteiger partial charge < -0.3 is 10.4 Å². The van der Waals surface area contributed by atoms with Crippen molar-refractivity contribution < 1.29 is 14.7 Å². The number of carbonyl (C=O) groups excluding carboxylic acids is 1. The maximum atomic E-state index is 12.2. The molecule has 1 rings (SSSR count). The van der Waals surface area contributed by atoms with Gasteiger partial charge in [0, 0.05) is 21.0 Å². The van der Waals surface area contributed by atoms with Crippen LogP contribution in [0.5, 0.6) is 0 Å². The molecule has 1 amide bonds. The zero-order valence-electron chi connectivity index (χ0n) is 12.0. The van der Waals surface area contributed by atoms with Crippen molar-refractivity contribution >= 4 is 50.4 Å². The fourth-order valence-electron chi connectivity index (χ4n) is 2.16. The number of aliphatic carboxylic acids is 1. The molecular formula is C15H19BrINO3. The van der Waals surface area contributed by atoms with Crippen LogP contribution in [-0.4, -0.2) is 23.5 Å². The molecule has 0 fully saturated rings. The lowest BCUT2D eigenvalue weighted by atomic mass is 9.94. The van der Waals surface area contributed by atoms with Crippen molar-refractivity contribution in [2.45, 2.75) is 26.7 Å². The Hall–Kier alpha value is -0.630. The Kier molecular flexibility index (Phi) is 7.65. The summed E-state index contributed by atoms with van der Waals surface area (Å²) >= 11 is 5.51. The number of amides is 1. The van der Waals surface area contributed by atoms with Crippen molar-refractivity contribution in [1.82, 2.24) is 5.32 Å². The van der Waals surface area contributed by atoms with Gasteiger partial charge in [0.1, 0.15) is 0 Å². The third kappa shape index (κ3) is 6.78. The van der Waals surface area contributed by atoms with Crippen LogP contribution in [0.25, 0.3) is 0 Å². The summed E-state index contributed by atoms with van der Waals surface area (Å²) < 4.78 is 1.71. The molecule has 1 unspecified atom stereocenters. The quantitative estimate of drug-likeness (QED) is 0.597. The molecule has 0 saturated heterocycles. The van der Waals surface area contributed by atoms with Gasteiger partial charge in [-0.15, -0.1) is 0 Å². The van der Waals surface area contributed by atoms with Gasteiger partial charge in [-0.05, 0) is 75.0 Å². The number of carboxylic acid groups (broad SMARTS) is 1. The molecule has 0 heterocycles. The number of carbonyl (C=O) groups is 2. The summed E-state index contributed by atoms with van der Waals surface area (Å²) in [5, 5.41) is 11.8. The molecule has 1 aromatic carbocycles. The van der Waals surface area contributed by atoms with Crippen LogP contribution in [0.1, 0.15) is 37.0 Å². The largest absolute Gasteiger partial charge is 0.481 e. The van der Waals surface area contributed by atoms with E-state index in [2.05, 4.69) is 43.8 Å². The molecule has 0 aliphatic heterocycles. The lowest BCUT2D eigenvalue weighted by molar-refractivity contribution is -0.138. The Morgan fingerprint density at radius 2 is 2.05 bits per heavy atom. The van der Waals surface area contributed by atoms with Crippen molar-refractivity contribution in [3.63, 3.8) is 0 Å². The van der Waals surface area contributed by atoms with Crippen molar-refractivity contribution in [1.29, 1.82) is 0 Å². The fraction of sp³-hybridized carbons (Fsp3) is 0.467. The van der Waals surface area contributed by atoms with Crippen molar-refractivity contribution in [2.75, 3.05) is 6.54 Å². The Labute approximate surface area is 147 Å². The number of hydrogen-bond donors (Lipinski definition) is 2. The van der Waals surface area contributed by atoms with Gasteiger partial charge in [0.25, 0.3) is 5.91 Å². The van der Waals surface area contributed by atoms with Gasteiger partial charge in [-0.25, -0.2) is 0 Å². The summed E-state index contributed by atoms with van der Waals surface area (Å²) in [5.74, 6) is -0.659. The van der Waals surface area contributed by atoms with Gasteiger partial charge >= 0.3 is 5.97 Å². The second-order valence-electron chi connectivity index (χ2n) is 5.43. The molecule has 0 aliphatic carbocycles. The average molecular weight is 468 g/mol. The van der Waals surface area contributed by atoms with Gasteiger partial charge in [-0.1, -0.05) is 13.8 Å². The van der Waals surface area contributed by atoms with Crippen LogP contribution in [0, 0.1) is 15.4 Å². The minimum atomic E-state index is -0.828. The van der Waals surface area contributed by atoms with E-state index >= 15 is 0 Å². The minimum Gasteiger partial charge on any atom is -0.481 e. The SMILES string of the molecule is CC(C)CC(CNC(=O)c1cc(I)ccc1Br)CC(=O)O. The molecule has 6 heteroatoms. The molecule has 21 heavy (non-hydrogen) atoms. The highest BCUT2D eigenvalue weighted by Gasteiger charge is 2.17. The van der Waals surface area contributed by atoms with Gasteiger partial charge in [0.05, 0.1) is 5.56 Å². The maximum Gasteiger partial charge on any atom is 0.303 e. The first-order valence-corrected chi connectivity index (χ1v) is 8.61. The molecule has 4 nitrogen and oxygen atoms in total. The zero-order chi connectivity index (χ0) is 16.0. The maximum absolute atomic E-state index is 12.2. The Bertz CT molecular complexity index is 520. The second-order valence-corrected chi connectivity index (χ2v) is 7.53. The standard InChI is InChI=1S/C15H19BrINO3/c1-9(2)5-10(6-14(19)20)8-18-15(21)12-7-11(17)3-4-13(12)16/h3-4,7,9-10H,5-6,8H2,1-2H3,(H,18,21)(H,19,20). The third-order valence-electron chi connectivity index (χ3n) is 2.99. The van der Waals surface area contributed by atoms with E-state index in [1.807, 2.05) is 26.0 Å². The van der Waals surface area contributed by atoms with Crippen LogP contribution in [-0.2, 0) is 4.79 Å². The van der Waals surface area contributed by atoms with Crippen molar-refractivity contribution in [3.8, 4) is 0 Å². The van der Waals surface area contributed by atoms with Crippen LogP contribution < -0.4 is 5.32 Å². The monoisotopic (exact) mass is 467 g/mol. The van der Waals surface area contributed by atoms with E-state index in [0.29, 0.717) is 18.0 Å². The molecule has 0 saturated carbocycles. The fourth-order valence-corrected chi connectivity index (χ4v) is 3.07. The summed E-state index contributed by atoms with van der Waals surface area (Å²) in [6.07, 6.45) is 0.853. The first-order valence-electron chi connectivity index (χ1n) is 6.74. The molecule has 0 bridgehead atoms. The lowest BCUT2D eigenvalue weighted by Crippen LogP contribution is -2.31. The third-order valence-corrected chi connectivity index (χ3v) is 4.35. The number of carboxylic acids is 1. The minimum absolute atomic E-state index is 0.0481. The molecular weight excluding hydrogens is 449 g/mol. The molecule has 2 N–H and O–H groups in total. The smallest absolute Gasteiger partial charge is 0.303 e. The summed E-state index contributed by atoms with van der Waals surface area (Å²) in [6.45, 7) is 4.47. The van der Waals surface area contributed by atoms with Crippen LogP contribution in [0.4, 0.5) is 0 Å². The van der Waals surface area contributed by atoms with Gasteiger partial charge in [0.2, 0.25) is 0 Å². The molecule has 1 atom stereocenters. The predicted octanol–water partition coefficient (Wildman–Crippen LogP) is 3.92. The van der Waals surface area contributed by atoms with Crippen molar-refractivity contribution in [3.05, 3.63) is 31.8 Å². The van der Waals surface area contributed by atoms with E-state index in [-0.39, 0.29) is 18.2 Å². The van der Waals surface area contributed by atoms with Gasteiger partial charge in [0.15, 0.2) is 0 Å². The number of rotatable bonds is 7. The number of benzene rings is 1. The number of nitrogens with one attached hydrogen (secondary N) is 1. The van der Waals surface area contributed by atoms with E-state index < -0.39 is 5.97 Å². The van der Waals surface area contributed by atoms with E-state index in [0.717, 1.165) is 14.5 Å². The highest BCUT2D eigenvalue weighted by atomic mass is 127. The number of hydrogen-bond acceptors (Lipinski definition) is 2. The van der Waals surface area contributed by atoms with Crippen LogP contribution in [0.2, 0.25) is 0 Å². The van der Waals surface area contributed by atoms with Gasteiger partial charge in [-0.2, -0.15) is 0 Å². The summed E-state index contributed by atoms with van der Waals surface area (Å²) in [7, 11) is 0. The first-order chi connectivity index (χ1) is 9.79. The second kappa shape index (κ2) is 8.73. The molecule has 0 spiro atoms. The van der Waals surface area contributed by atoms with Crippen molar-refractivity contribution in [2.24, 2.45) is 11.8 Å². The number of halogens is 2. The highest BCUT2D eigenvalue weighted by molar-refractivity contribution is 14.1. The Morgan fingerprint density at radius 1 is 1.38 bits per heavy atom. The normalized spacial score (nSPS) is 12.2. The summed E-state index contributed by atoms with van der Waals surface area (Å²) in [5.41, 5.74) is 0.570. The first kappa shape index (κ1) is 18.4. The predicted molar refractivity (Wildman–Crippen MR) is 94.4 cm³/mol. The molecule has 0 radical (unpaired) electrons. The van der Waals surface area contributed by atoms with Crippen LogP contribution in [0.3, 0.4) is 0 Å². The average Bonchev–Trinajstić information content (AvgIpc) is 2.37. The molecule has 116 valence electrons. The molecule has 0 aromatic heterocycles. The Balaban J connectivity index is 2.68. The summed E-state index contributed by atoms with van der Waals surface area (Å²) in [4.78, 5) is 23.1. The van der Waals surface area contributed by atoms with E-state index in [1.165, 1.54) is 0 Å². The lowest BCUT2D eigenvalue weighted by Gasteiger charge is -2.18. The summed E-state index contributed by atoms with van der Waals surface area (Å²) in [6, 6.07) is 5.54. The van der Waals surface area contributed by atoms with E-state index in [4.69, 9.17) is 5.11 Å². The Morgan fingerprint density at radius 3 is 2.62 bits per heavy atom. The van der Waals surface area contributed by atoms with Crippen LogP contribution >= 0.6 is 38.5 Å². The molecule has 0 aliphatic rings. The highest BCUT2D eigenvalue weighted by Crippen LogP contribution is 2.20. The molecule has 1 aromatic rings. The van der Waals surface area contributed by atoms with Gasteiger partial charge in [-0.3, -0.25) is 9.59 Å².